The first kappa shape index (κ1) is 10.5. The highest BCUT2D eigenvalue weighted by Gasteiger charge is 2.38. The van der Waals surface area contributed by atoms with Crippen LogP contribution >= 0.6 is 0 Å². The predicted molar refractivity (Wildman–Crippen MR) is 53.3 cm³/mol. The van der Waals surface area contributed by atoms with Crippen molar-refractivity contribution in [3.8, 4) is 0 Å². The van der Waals surface area contributed by atoms with E-state index in [2.05, 4.69) is 0 Å². The maximum Gasteiger partial charge on any atom is 0.242 e. The van der Waals surface area contributed by atoms with Gasteiger partial charge in [0.15, 0.2) is 0 Å². The molecule has 1 aliphatic rings. The van der Waals surface area contributed by atoms with Crippen molar-refractivity contribution in [2.75, 3.05) is 6.54 Å². The predicted octanol–water partition coefficient (Wildman–Crippen LogP) is 1.12. The number of likely N-dealkylation sites (N-methyl/N-ethyl adjacent to an activating group) is 1. The van der Waals surface area contributed by atoms with Gasteiger partial charge in [-0.15, -0.1) is 0 Å². The van der Waals surface area contributed by atoms with Gasteiger partial charge in [-0.25, -0.2) is 0 Å². The molecule has 1 fully saturated rings. The van der Waals surface area contributed by atoms with Crippen LogP contribution in [0.1, 0.15) is 40.0 Å². The molecule has 0 aromatic heterocycles. The lowest BCUT2D eigenvalue weighted by Crippen LogP contribution is -2.53. The largest absolute Gasteiger partial charge is 0.338 e. The molecule has 1 unspecified atom stereocenters. The third-order valence-corrected chi connectivity index (χ3v) is 2.81. The summed E-state index contributed by atoms with van der Waals surface area (Å²) in [6.45, 7) is 6.58. The number of hydrogen-bond donors (Lipinski definition) is 1. The molecule has 0 heterocycles. The topological polar surface area (TPSA) is 46.3 Å². The Kier molecular flexibility index (Phi) is 2.96. The molecular formula is C10H20N2O. The highest BCUT2D eigenvalue weighted by molar-refractivity contribution is 5.86. The Labute approximate surface area is 80.3 Å². The van der Waals surface area contributed by atoms with E-state index in [1.165, 1.54) is 0 Å². The average Bonchev–Trinajstić information content (AvgIpc) is 2.89. The second-order valence-electron chi connectivity index (χ2n) is 4.09. The number of carbonyl (C=O) groups excluding carboxylic acids is 1. The van der Waals surface area contributed by atoms with Crippen LogP contribution in [0, 0.1) is 0 Å². The molecule has 2 N–H and O–H groups in total. The van der Waals surface area contributed by atoms with E-state index in [4.69, 9.17) is 5.73 Å². The van der Waals surface area contributed by atoms with Crippen LogP contribution in [0.25, 0.3) is 0 Å². The van der Waals surface area contributed by atoms with Crippen LogP contribution in [-0.4, -0.2) is 28.9 Å². The van der Waals surface area contributed by atoms with Gasteiger partial charge >= 0.3 is 0 Å². The molecule has 13 heavy (non-hydrogen) atoms. The minimum absolute atomic E-state index is 0.111. The first-order chi connectivity index (χ1) is 6.03. The van der Waals surface area contributed by atoms with Crippen LogP contribution in [0.2, 0.25) is 0 Å². The van der Waals surface area contributed by atoms with Crippen LogP contribution < -0.4 is 5.73 Å². The summed E-state index contributed by atoms with van der Waals surface area (Å²) in [5.41, 5.74) is 5.24. The molecule has 76 valence electrons. The fourth-order valence-electron chi connectivity index (χ4n) is 1.43. The normalized spacial score (nSPS) is 20.9. The van der Waals surface area contributed by atoms with Gasteiger partial charge in [-0.1, -0.05) is 6.92 Å². The van der Waals surface area contributed by atoms with E-state index in [1.807, 2.05) is 25.7 Å². The Hall–Kier alpha value is -0.570. The Morgan fingerprint density at radius 3 is 2.38 bits per heavy atom. The summed E-state index contributed by atoms with van der Waals surface area (Å²) in [6, 6.07) is 0.479. The minimum atomic E-state index is -0.668. The fourth-order valence-corrected chi connectivity index (χ4v) is 1.43. The first-order valence-corrected chi connectivity index (χ1v) is 5.13. The van der Waals surface area contributed by atoms with Crippen molar-refractivity contribution >= 4 is 5.91 Å². The molecular weight excluding hydrogens is 164 g/mol. The minimum Gasteiger partial charge on any atom is -0.338 e. The summed E-state index contributed by atoms with van der Waals surface area (Å²) in [5, 5.41) is 0. The molecule has 0 saturated heterocycles. The molecule has 3 nitrogen and oxygen atoms in total. The number of nitrogens with zero attached hydrogens (tertiary/aromatic N) is 1. The van der Waals surface area contributed by atoms with Gasteiger partial charge < -0.3 is 10.6 Å². The fraction of sp³-hybridized carbons (Fsp3) is 0.900. The standard InChI is InChI=1S/C10H20N2O/c1-4-10(3,11)9(13)12(5-2)8-6-7-8/h8H,4-7,11H2,1-3H3. The molecule has 1 rings (SSSR count). The van der Waals surface area contributed by atoms with Crippen molar-refractivity contribution in [1.29, 1.82) is 0 Å². The van der Waals surface area contributed by atoms with E-state index in [9.17, 15) is 4.79 Å². The van der Waals surface area contributed by atoms with Gasteiger partial charge in [0, 0.05) is 12.6 Å². The first-order valence-electron chi connectivity index (χ1n) is 5.13. The highest BCUT2D eigenvalue weighted by Crippen LogP contribution is 2.28. The lowest BCUT2D eigenvalue weighted by atomic mass is 9.98. The van der Waals surface area contributed by atoms with Gasteiger partial charge in [0.05, 0.1) is 5.54 Å². The van der Waals surface area contributed by atoms with Gasteiger partial charge in [-0.05, 0) is 33.1 Å². The Morgan fingerprint density at radius 1 is 1.54 bits per heavy atom. The average molecular weight is 184 g/mol. The van der Waals surface area contributed by atoms with E-state index in [-0.39, 0.29) is 5.91 Å². The van der Waals surface area contributed by atoms with Crippen molar-refractivity contribution in [3.05, 3.63) is 0 Å². The lowest BCUT2D eigenvalue weighted by Gasteiger charge is -2.30. The molecule has 1 atom stereocenters. The number of hydrogen-bond acceptors (Lipinski definition) is 2. The van der Waals surface area contributed by atoms with Crippen molar-refractivity contribution in [1.82, 2.24) is 4.90 Å². The highest BCUT2D eigenvalue weighted by atomic mass is 16.2. The van der Waals surface area contributed by atoms with E-state index in [0.29, 0.717) is 12.5 Å². The molecule has 0 spiro atoms. The van der Waals surface area contributed by atoms with Crippen LogP contribution in [0.3, 0.4) is 0 Å². The summed E-state index contributed by atoms with van der Waals surface area (Å²) < 4.78 is 0. The monoisotopic (exact) mass is 184 g/mol. The zero-order chi connectivity index (χ0) is 10.1. The third-order valence-electron chi connectivity index (χ3n) is 2.81. The van der Waals surface area contributed by atoms with Gasteiger partial charge in [0.1, 0.15) is 0 Å². The van der Waals surface area contributed by atoms with Crippen molar-refractivity contribution in [2.24, 2.45) is 5.73 Å². The van der Waals surface area contributed by atoms with E-state index >= 15 is 0 Å². The molecule has 0 radical (unpaired) electrons. The van der Waals surface area contributed by atoms with Crippen LogP contribution in [0.5, 0.6) is 0 Å². The SMILES string of the molecule is CCN(C(=O)C(C)(N)CC)C1CC1. The lowest BCUT2D eigenvalue weighted by molar-refractivity contribution is -0.136. The molecule has 0 bridgehead atoms. The van der Waals surface area contributed by atoms with E-state index in [0.717, 1.165) is 19.4 Å². The van der Waals surface area contributed by atoms with E-state index < -0.39 is 5.54 Å². The molecule has 0 aromatic carbocycles. The van der Waals surface area contributed by atoms with Gasteiger partial charge in [0.2, 0.25) is 5.91 Å². The van der Waals surface area contributed by atoms with Crippen molar-refractivity contribution in [3.63, 3.8) is 0 Å². The third kappa shape index (κ3) is 2.21. The molecule has 0 aliphatic heterocycles. The number of rotatable bonds is 4. The number of nitrogens with two attached hydrogens (primary N) is 1. The summed E-state index contributed by atoms with van der Waals surface area (Å²) in [5.74, 6) is 0.111. The quantitative estimate of drug-likeness (QED) is 0.711. The Balaban J connectivity index is 2.62. The Morgan fingerprint density at radius 2 is 2.08 bits per heavy atom. The van der Waals surface area contributed by atoms with Gasteiger partial charge in [-0.2, -0.15) is 0 Å². The van der Waals surface area contributed by atoms with Crippen molar-refractivity contribution < 1.29 is 4.79 Å². The van der Waals surface area contributed by atoms with E-state index in [1.54, 1.807) is 0 Å². The summed E-state index contributed by atoms with van der Waals surface area (Å²) in [4.78, 5) is 13.8. The maximum absolute atomic E-state index is 11.9. The van der Waals surface area contributed by atoms with Crippen LogP contribution in [0.15, 0.2) is 0 Å². The van der Waals surface area contributed by atoms with Gasteiger partial charge in [0.25, 0.3) is 0 Å². The summed E-state index contributed by atoms with van der Waals surface area (Å²) in [6.07, 6.45) is 3.01. The smallest absolute Gasteiger partial charge is 0.242 e. The molecule has 1 amide bonds. The second-order valence-corrected chi connectivity index (χ2v) is 4.09. The number of amides is 1. The summed E-state index contributed by atoms with van der Waals surface area (Å²) >= 11 is 0. The molecule has 3 heteroatoms. The molecule has 0 aromatic rings. The maximum atomic E-state index is 11.9. The Bertz CT molecular complexity index is 197. The summed E-state index contributed by atoms with van der Waals surface area (Å²) in [7, 11) is 0. The van der Waals surface area contributed by atoms with Crippen LogP contribution in [-0.2, 0) is 4.79 Å². The van der Waals surface area contributed by atoms with Gasteiger partial charge in [-0.3, -0.25) is 4.79 Å². The zero-order valence-electron chi connectivity index (χ0n) is 8.84. The number of carbonyl (C=O) groups is 1. The molecule has 1 aliphatic carbocycles. The van der Waals surface area contributed by atoms with Crippen molar-refractivity contribution in [2.45, 2.75) is 51.6 Å². The van der Waals surface area contributed by atoms with Crippen LogP contribution in [0.4, 0.5) is 0 Å². The molecule has 1 saturated carbocycles. The second kappa shape index (κ2) is 3.66. The zero-order valence-corrected chi connectivity index (χ0v) is 8.84.